The van der Waals surface area contributed by atoms with Gasteiger partial charge in [-0.2, -0.15) is 4.31 Å². The molecule has 9 heteroatoms. The number of morpholine rings is 1. The summed E-state index contributed by atoms with van der Waals surface area (Å²) in [6.45, 7) is 5.55. The van der Waals surface area contributed by atoms with Gasteiger partial charge < -0.3 is 14.3 Å². The molecule has 0 radical (unpaired) electrons. The molecule has 3 fully saturated rings. The van der Waals surface area contributed by atoms with Gasteiger partial charge in [-0.25, -0.2) is 13.2 Å². The zero-order chi connectivity index (χ0) is 22.1. The summed E-state index contributed by atoms with van der Waals surface area (Å²) in [5.41, 5.74) is -0.188. The van der Waals surface area contributed by atoms with Crippen molar-refractivity contribution >= 4 is 21.7 Å². The molecule has 0 spiro atoms. The number of hydrogen-bond acceptors (Lipinski definition) is 7. The zero-order valence-corrected chi connectivity index (χ0v) is 18.9. The van der Waals surface area contributed by atoms with Crippen LogP contribution in [0.15, 0.2) is 35.5 Å². The fraction of sp³-hybridized carbons (Fsp3) is 0.636. The van der Waals surface area contributed by atoms with Crippen LogP contribution in [-0.4, -0.2) is 63.1 Å². The number of carbonyl (C=O) groups is 1. The Hall–Kier alpha value is -1.97. The maximum Gasteiger partial charge on any atom is 0.372 e. The maximum absolute atomic E-state index is 13.2. The number of sulfonamides is 1. The molecule has 2 saturated carbocycles. The Morgan fingerprint density at radius 1 is 1.23 bits per heavy atom. The molecule has 1 heterocycles. The SMILES string of the molecule is CC1(C)C2CCC1(CS(=O)(=O)N1CCOCC1)/C(=N/OC(=O)COc1ccccc1)C2. The molecule has 2 bridgehead atoms. The molecule has 0 aromatic heterocycles. The van der Waals surface area contributed by atoms with Gasteiger partial charge >= 0.3 is 5.97 Å². The van der Waals surface area contributed by atoms with Gasteiger partial charge in [0.15, 0.2) is 6.61 Å². The average Bonchev–Trinajstić information content (AvgIpc) is 3.12. The van der Waals surface area contributed by atoms with Crippen LogP contribution >= 0.6 is 0 Å². The second-order valence-electron chi connectivity index (χ2n) is 9.11. The van der Waals surface area contributed by atoms with Crippen LogP contribution in [0.4, 0.5) is 0 Å². The van der Waals surface area contributed by atoms with Crippen molar-refractivity contribution in [1.82, 2.24) is 4.31 Å². The molecule has 1 saturated heterocycles. The molecule has 2 aliphatic carbocycles. The smallest absolute Gasteiger partial charge is 0.372 e. The minimum absolute atomic E-state index is 0.0135. The predicted molar refractivity (Wildman–Crippen MR) is 115 cm³/mol. The van der Waals surface area contributed by atoms with Crippen LogP contribution in [0.5, 0.6) is 5.75 Å². The number of nitrogens with zero attached hydrogens (tertiary/aromatic N) is 2. The molecule has 1 aromatic rings. The molecule has 4 rings (SSSR count). The maximum atomic E-state index is 13.2. The van der Waals surface area contributed by atoms with E-state index in [1.807, 2.05) is 18.2 Å². The number of ether oxygens (including phenoxy) is 2. The highest BCUT2D eigenvalue weighted by molar-refractivity contribution is 7.89. The highest BCUT2D eigenvalue weighted by Crippen LogP contribution is 2.64. The van der Waals surface area contributed by atoms with E-state index in [4.69, 9.17) is 14.3 Å². The number of rotatable bonds is 7. The molecule has 31 heavy (non-hydrogen) atoms. The van der Waals surface area contributed by atoms with Gasteiger partial charge in [0.25, 0.3) is 0 Å². The summed E-state index contributed by atoms with van der Waals surface area (Å²) in [6, 6.07) is 9.00. The summed E-state index contributed by atoms with van der Waals surface area (Å²) in [6.07, 6.45) is 2.33. The Labute approximate surface area is 183 Å². The summed E-state index contributed by atoms with van der Waals surface area (Å²) in [5.74, 6) is 0.273. The van der Waals surface area contributed by atoms with Crippen LogP contribution in [0.3, 0.4) is 0 Å². The predicted octanol–water partition coefficient (Wildman–Crippen LogP) is 2.45. The van der Waals surface area contributed by atoms with Crippen molar-refractivity contribution < 1.29 is 27.5 Å². The second-order valence-corrected chi connectivity index (χ2v) is 11.1. The lowest BCUT2D eigenvalue weighted by molar-refractivity contribution is -0.146. The van der Waals surface area contributed by atoms with Gasteiger partial charge in [-0.1, -0.05) is 37.2 Å². The van der Waals surface area contributed by atoms with Gasteiger partial charge in [0.2, 0.25) is 10.0 Å². The highest BCUT2D eigenvalue weighted by Gasteiger charge is 2.64. The lowest BCUT2D eigenvalue weighted by Gasteiger charge is -2.39. The molecule has 2 atom stereocenters. The first-order valence-corrected chi connectivity index (χ1v) is 12.4. The first kappa shape index (κ1) is 22.2. The highest BCUT2D eigenvalue weighted by atomic mass is 32.2. The summed E-state index contributed by atoms with van der Waals surface area (Å²) in [5, 5.41) is 4.19. The number of hydrogen-bond donors (Lipinski definition) is 0. The van der Waals surface area contributed by atoms with Crippen molar-refractivity contribution in [3.63, 3.8) is 0 Å². The first-order valence-electron chi connectivity index (χ1n) is 10.8. The van der Waals surface area contributed by atoms with Crippen molar-refractivity contribution in [1.29, 1.82) is 0 Å². The fourth-order valence-corrected chi connectivity index (χ4v) is 7.48. The van der Waals surface area contributed by atoms with Crippen molar-refractivity contribution in [2.24, 2.45) is 21.9 Å². The van der Waals surface area contributed by atoms with E-state index in [-0.39, 0.29) is 17.8 Å². The molecule has 1 aromatic carbocycles. The lowest BCUT2D eigenvalue weighted by atomic mass is 9.70. The van der Waals surface area contributed by atoms with Gasteiger partial charge in [-0.05, 0) is 42.7 Å². The van der Waals surface area contributed by atoms with E-state index in [1.165, 1.54) is 4.31 Å². The third-order valence-electron chi connectivity index (χ3n) is 7.32. The summed E-state index contributed by atoms with van der Waals surface area (Å²) < 4.78 is 38.7. The van der Waals surface area contributed by atoms with E-state index in [0.717, 1.165) is 12.8 Å². The molecule has 0 N–H and O–H groups in total. The molecular weight excluding hydrogens is 420 g/mol. The van der Waals surface area contributed by atoms with E-state index in [1.54, 1.807) is 12.1 Å². The summed E-state index contributed by atoms with van der Waals surface area (Å²) >= 11 is 0. The Morgan fingerprint density at radius 2 is 1.94 bits per heavy atom. The summed E-state index contributed by atoms with van der Waals surface area (Å²) in [4.78, 5) is 17.4. The third-order valence-corrected chi connectivity index (χ3v) is 9.33. The number of carbonyl (C=O) groups excluding carboxylic acids is 1. The van der Waals surface area contributed by atoms with E-state index in [0.29, 0.717) is 50.1 Å². The minimum Gasteiger partial charge on any atom is -0.482 e. The molecule has 3 aliphatic rings. The molecule has 0 amide bonds. The number of oxime groups is 1. The number of fused-ring (bicyclic) bond motifs is 2. The van der Waals surface area contributed by atoms with Gasteiger partial charge in [0.05, 0.1) is 24.7 Å². The van der Waals surface area contributed by atoms with Crippen molar-refractivity contribution in [3.8, 4) is 5.75 Å². The summed E-state index contributed by atoms with van der Waals surface area (Å²) in [7, 11) is -3.49. The monoisotopic (exact) mass is 450 g/mol. The van der Waals surface area contributed by atoms with E-state index in [9.17, 15) is 13.2 Å². The first-order chi connectivity index (χ1) is 14.7. The Morgan fingerprint density at radius 3 is 2.61 bits per heavy atom. The normalized spacial score (nSPS) is 29.2. The largest absolute Gasteiger partial charge is 0.482 e. The standard InChI is InChI=1S/C22H30N2O6S/c1-21(2)17-8-9-22(21,16-31(26,27)24-10-12-28-13-11-24)19(14-17)23-30-20(25)15-29-18-6-4-3-5-7-18/h3-7,17H,8-16H2,1-2H3/b23-19+. The van der Waals surface area contributed by atoms with Crippen molar-refractivity contribution in [2.45, 2.75) is 33.1 Å². The molecule has 2 unspecified atom stereocenters. The number of para-hydroxylation sites is 1. The van der Waals surface area contributed by atoms with Crippen LogP contribution in [0.2, 0.25) is 0 Å². The fourth-order valence-electron chi connectivity index (χ4n) is 5.28. The zero-order valence-electron chi connectivity index (χ0n) is 18.1. The van der Waals surface area contributed by atoms with E-state index >= 15 is 0 Å². The Kier molecular flexibility index (Phi) is 6.11. The van der Waals surface area contributed by atoms with Gasteiger partial charge in [0, 0.05) is 18.5 Å². The second kappa shape index (κ2) is 8.52. The van der Waals surface area contributed by atoms with Gasteiger partial charge in [-0.3, -0.25) is 0 Å². The van der Waals surface area contributed by atoms with E-state index in [2.05, 4.69) is 19.0 Å². The van der Waals surface area contributed by atoms with Crippen LogP contribution in [0.1, 0.15) is 33.1 Å². The van der Waals surface area contributed by atoms with Crippen LogP contribution in [-0.2, 0) is 24.4 Å². The van der Waals surface area contributed by atoms with Crippen LogP contribution in [0.25, 0.3) is 0 Å². The topological polar surface area (TPSA) is 94.5 Å². The van der Waals surface area contributed by atoms with Crippen LogP contribution in [0, 0.1) is 16.7 Å². The quantitative estimate of drug-likeness (QED) is 0.468. The molecular formula is C22H30N2O6S. The molecule has 1 aliphatic heterocycles. The van der Waals surface area contributed by atoms with Gasteiger partial charge in [-0.15, -0.1) is 0 Å². The van der Waals surface area contributed by atoms with Crippen molar-refractivity contribution in [2.75, 3.05) is 38.7 Å². The minimum atomic E-state index is -3.49. The molecule has 170 valence electrons. The molecule has 8 nitrogen and oxygen atoms in total. The van der Waals surface area contributed by atoms with E-state index < -0.39 is 21.4 Å². The lowest BCUT2D eigenvalue weighted by Crippen LogP contribution is -2.49. The van der Waals surface area contributed by atoms with Crippen LogP contribution < -0.4 is 4.74 Å². The Bertz CT molecular complexity index is 940. The number of benzene rings is 1. The average molecular weight is 451 g/mol. The third kappa shape index (κ3) is 4.23. The Balaban J connectivity index is 1.48. The van der Waals surface area contributed by atoms with Crippen molar-refractivity contribution in [3.05, 3.63) is 30.3 Å². The van der Waals surface area contributed by atoms with Gasteiger partial charge in [0.1, 0.15) is 5.75 Å².